The summed E-state index contributed by atoms with van der Waals surface area (Å²) in [6.07, 6.45) is 6.03. The highest BCUT2D eigenvalue weighted by Gasteiger charge is 2.39. The summed E-state index contributed by atoms with van der Waals surface area (Å²) >= 11 is 0. The third-order valence-corrected chi connectivity index (χ3v) is 6.58. The number of nitrogens with two attached hydrogens (primary N) is 1. The fourth-order valence-corrected chi connectivity index (χ4v) is 4.72. The van der Waals surface area contributed by atoms with Crippen molar-refractivity contribution in [3.63, 3.8) is 0 Å². The van der Waals surface area contributed by atoms with Crippen molar-refractivity contribution >= 4 is 28.4 Å². The van der Waals surface area contributed by atoms with Gasteiger partial charge < -0.3 is 20.1 Å². The van der Waals surface area contributed by atoms with Gasteiger partial charge in [-0.05, 0) is 32.3 Å². The maximum absolute atomic E-state index is 11.3. The molecule has 2 aliphatic rings. The Labute approximate surface area is 192 Å². The zero-order valence-corrected chi connectivity index (χ0v) is 19.0. The first-order valence-electron chi connectivity index (χ1n) is 11.3. The molecule has 2 saturated heterocycles. The minimum Gasteiger partial charge on any atom is -0.378 e. The third kappa shape index (κ3) is 4.00. The van der Waals surface area contributed by atoms with E-state index in [-0.39, 0.29) is 0 Å². The molecule has 10 heteroatoms. The number of aryl methyl sites for hydroxylation is 1. The van der Waals surface area contributed by atoms with Gasteiger partial charge in [-0.1, -0.05) is 0 Å². The lowest BCUT2D eigenvalue weighted by molar-refractivity contribution is -0.0245. The number of hydrogen-bond acceptors (Lipinski definition) is 7. The molecule has 33 heavy (non-hydrogen) atoms. The molecule has 1 atom stereocenters. The van der Waals surface area contributed by atoms with Crippen LogP contribution in [-0.2, 0) is 15.1 Å². The zero-order chi connectivity index (χ0) is 23.0. The van der Waals surface area contributed by atoms with Gasteiger partial charge >= 0.3 is 6.03 Å². The summed E-state index contributed by atoms with van der Waals surface area (Å²) in [5.41, 5.74) is 8.25. The highest BCUT2D eigenvalue weighted by molar-refractivity contribution is 5.90. The quantitative estimate of drug-likeness (QED) is 0.612. The van der Waals surface area contributed by atoms with Gasteiger partial charge in [0.1, 0.15) is 11.4 Å². The number of carbonyl (C=O) groups excluding carboxylic acids is 1. The lowest BCUT2D eigenvalue weighted by atomic mass is 9.97. The summed E-state index contributed by atoms with van der Waals surface area (Å²) in [6, 6.07) is 5.30. The highest BCUT2D eigenvalue weighted by Crippen LogP contribution is 2.36. The molecule has 2 fully saturated rings. The second-order valence-electron chi connectivity index (χ2n) is 8.69. The molecule has 0 spiro atoms. The second-order valence-corrected chi connectivity index (χ2v) is 8.69. The fraction of sp³-hybridized carbons (Fsp3) is 0.478. The molecule has 5 heterocycles. The first-order chi connectivity index (χ1) is 16.0. The smallest absolute Gasteiger partial charge is 0.317 e. The van der Waals surface area contributed by atoms with Gasteiger partial charge in [0.05, 0.1) is 23.5 Å². The van der Waals surface area contributed by atoms with E-state index in [4.69, 9.17) is 25.3 Å². The van der Waals surface area contributed by atoms with Crippen molar-refractivity contribution < 1.29 is 14.3 Å². The Bertz CT molecular complexity index is 1180. The second kappa shape index (κ2) is 8.60. The standard InChI is InChI=1S/C23H29N7O3/c1-15-17-13-25-20(27-22(24)31)12-18(17)30(28-15)21-11-16(29-7-4-3-5-8-29)10-19(26-21)23(32-2)6-9-33-14-23/h10-13H,3-9,14H2,1-2H3,(H3,24,25,27,31). The maximum atomic E-state index is 11.3. The number of ether oxygens (including phenoxy) is 2. The first kappa shape index (κ1) is 21.6. The number of pyridine rings is 2. The van der Waals surface area contributed by atoms with Gasteiger partial charge in [-0.3, -0.25) is 5.32 Å². The molecule has 3 aromatic rings. The summed E-state index contributed by atoms with van der Waals surface area (Å²) in [4.78, 5) is 23.0. The lowest BCUT2D eigenvalue weighted by Crippen LogP contribution is -2.33. The Kier molecular flexibility index (Phi) is 5.63. The van der Waals surface area contributed by atoms with Crippen LogP contribution in [0.4, 0.5) is 16.3 Å². The van der Waals surface area contributed by atoms with Crippen molar-refractivity contribution in [1.82, 2.24) is 19.7 Å². The van der Waals surface area contributed by atoms with Crippen molar-refractivity contribution in [2.45, 2.75) is 38.2 Å². The van der Waals surface area contributed by atoms with E-state index < -0.39 is 11.6 Å². The van der Waals surface area contributed by atoms with Crippen LogP contribution in [0.5, 0.6) is 0 Å². The number of primary amides is 1. The van der Waals surface area contributed by atoms with Crippen molar-refractivity contribution in [3.8, 4) is 5.82 Å². The van der Waals surface area contributed by atoms with E-state index in [9.17, 15) is 4.79 Å². The number of hydrogen-bond donors (Lipinski definition) is 2. The molecular weight excluding hydrogens is 422 g/mol. The number of methoxy groups -OCH3 is 1. The van der Waals surface area contributed by atoms with E-state index in [1.54, 1.807) is 24.1 Å². The normalized spacial score (nSPS) is 21.0. The van der Waals surface area contributed by atoms with Crippen LogP contribution < -0.4 is 16.0 Å². The average molecular weight is 452 g/mol. The van der Waals surface area contributed by atoms with Crippen LogP contribution in [0.3, 0.4) is 0 Å². The maximum Gasteiger partial charge on any atom is 0.317 e. The number of piperidine rings is 1. The molecule has 3 N–H and O–H groups in total. The Morgan fingerprint density at radius 3 is 2.76 bits per heavy atom. The molecule has 3 aromatic heterocycles. The van der Waals surface area contributed by atoms with Gasteiger partial charge in [0.15, 0.2) is 5.82 Å². The van der Waals surface area contributed by atoms with Gasteiger partial charge in [0.2, 0.25) is 0 Å². The molecule has 0 radical (unpaired) electrons. The van der Waals surface area contributed by atoms with Crippen LogP contribution in [0.15, 0.2) is 24.4 Å². The summed E-state index contributed by atoms with van der Waals surface area (Å²) < 4.78 is 13.5. The number of carbonyl (C=O) groups is 1. The summed E-state index contributed by atoms with van der Waals surface area (Å²) in [7, 11) is 1.71. The minimum atomic E-state index is -0.666. The molecule has 5 rings (SSSR count). The van der Waals surface area contributed by atoms with Crippen LogP contribution in [0.2, 0.25) is 0 Å². The first-order valence-corrected chi connectivity index (χ1v) is 11.3. The summed E-state index contributed by atoms with van der Waals surface area (Å²) in [5, 5.41) is 8.18. The number of fused-ring (bicyclic) bond motifs is 1. The molecule has 2 aliphatic heterocycles. The van der Waals surface area contributed by atoms with Crippen LogP contribution >= 0.6 is 0 Å². The van der Waals surface area contributed by atoms with Crippen LogP contribution in [-0.4, -0.2) is 59.2 Å². The molecule has 10 nitrogen and oxygen atoms in total. The Balaban J connectivity index is 1.67. The Morgan fingerprint density at radius 1 is 1.24 bits per heavy atom. The van der Waals surface area contributed by atoms with Crippen LogP contribution in [0.1, 0.15) is 37.1 Å². The van der Waals surface area contributed by atoms with Gasteiger partial charge in [-0.25, -0.2) is 19.4 Å². The van der Waals surface area contributed by atoms with Gasteiger partial charge in [-0.15, -0.1) is 0 Å². The number of anilines is 2. The predicted octanol–water partition coefficient (Wildman–Crippen LogP) is 2.87. The lowest BCUT2D eigenvalue weighted by Gasteiger charge is -2.31. The van der Waals surface area contributed by atoms with E-state index in [1.165, 1.54) is 19.3 Å². The topological polar surface area (TPSA) is 120 Å². The van der Waals surface area contributed by atoms with Crippen molar-refractivity contribution in [2.75, 3.05) is 43.6 Å². The van der Waals surface area contributed by atoms with Crippen LogP contribution in [0.25, 0.3) is 16.7 Å². The molecule has 0 bridgehead atoms. The van der Waals surface area contributed by atoms with Gasteiger partial charge in [0.25, 0.3) is 0 Å². The highest BCUT2D eigenvalue weighted by atomic mass is 16.5. The van der Waals surface area contributed by atoms with Gasteiger partial charge in [0, 0.05) is 62.6 Å². The number of rotatable bonds is 5. The fourth-order valence-electron chi connectivity index (χ4n) is 4.72. The number of aromatic nitrogens is 4. The van der Waals surface area contributed by atoms with Gasteiger partial charge in [-0.2, -0.15) is 5.10 Å². The molecular formula is C23H29N7O3. The largest absolute Gasteiger partial charge is 0.378 e. The van der Waals surface area contributed by atoms with Crippen LogP contribution in [0, 0.1) is 6.92 Å². The third-order valence-electron chi connectivity index (χ3n) is 6.58. The molecule has 174 valence electrons. The van der Waals surface area contributed by atoms with E-state index in [0.29, 0.717) is 24.8 Å². The molecule has 0 saturated carbocycles. The van der Waals surface area contributed by atoms with Crippen molar-refractivity contribution in [2.24, 2.45) is 5.73 Å². The predicted molar refractivity (Wildman–Crippen MR) is 125 cm³/mol. The van der Waals surface area contributed by atoms with Crippen molar-refractivity contribution in [1.29, 1.82) is 0 Å². The summed E-state index contributed by atoms with van der Waals surface area (Å²) in [5.74, 6) is 1.05. The number of nitrogens with zero attached hydrogens (tertiary/aromatic N) is 5. The minimum absolute atomic E-state index is 0.362. The van der Waals surface area contributed by atoms with E-state index in [2.05, 4.69) is 27.3 Å². The summed E-state index contributed by atoms with van der Waals surface area (Å²) in [6.45, 7) is 5.05. The molecule has 0 aromatic carbocycles. The zero-order valence-electron chi connectivity index (χ0n) is 19.0. The monoisotopic (exact) mass is 451 g/mol. The number of urea groups is 1. The van der Waals surface area contributed by atoms with E-state index in [1.807, 2.05) is 6.92 Å². The molecule has 0 aliphatic carbocycles. The Morgan fingerprint density at radius 2 is 2.06 bits per heavy atom. The Hall–Kier alpha value is -3.24. The SMILES string of the molecule is COC1(c2cc(N3CCCCC3)cc(-n3nc(C)c4cnc(NC(N)=O)cc43)n2)CCOC1. The van der Waals surface area contributed by atoms with Crippen molar-refractivity contribution in [3.05, 3.63) is 35.8 Å². The molecule has 2 amide bonds. The molecule has 1 unspecified atom stereocenters. The van der Waals surface area contributed by atoms with E-state index in [0.717, 1.165) is 47.5 Å². The van der Waals surface area contributed by atoms with E-state index >= 15 is 0 Å². The number of amides is 2. The average Bonchev–Trinajstić information content (AvgIpc) is 3.44. The number of nitrogens with one attached hydrogen (secondary N) is 1.